The van der Waals surface area contributed by atoms with Crippen molar-refractivity contribution < 1.29 is 24.2 Å². The van der Waals surface area contributed by atoms with Crippen LogP contribution in [0.4, 0.5) is 4.79 Å². The fourth-order valence-corrected chi connectivity index (χ4v) is 5.30. The second-order valence-electron chi connectivity index (χ2n) is 8.99. The lowest BCUT2D eigenvalue weighted by Crippen LogP contribution is -2.54. The summed E-state index contributed by atoms with van der Waals surface area (Å²) >= 11 is 0. The van der Waals surface area contributed by atoms with Crippen LogP contribution in [0, 0.1) is 0 Å². The summed E-state index contributed by atoms with van der Waals surface area (Å²) in [6.07, 6.45) is 3.41. The normalized spacial score (nSPS) is 16.4. The molecule has 2 aliphatic carbocycles. The van der Waals surface area contributed by atoms with Crippen molar-refractivity contribution >= 4 is 18.0 Å². The first-order chi connectivity index (χ1) is 15.9. The van der Waals surface area contributed by atoms with E-state index < -0.39 is 17.6 Å². The Kier molecular flexibility index (Phi) is 6.67. The summed E-state index contributed by atoms with van der Waals surface area (Å²) in [4.78, 5) is 38.1. The number of benzene rings is 2. The van der Waals surface area contributed by atoms with Gasteiger partial charge < -0.3 is 20.1 Å². The Hall–Kier alpha value is -3.35. The van der Waals surface area contributed by atoms with Crippen LogP contribution in [0.25, 0.3) is 11.1 Å². The number of hydrogen-bond acceptors (Lipinski definition) is 4. The van der Waals surface area contributed by atoms with Gasteiger partial charge in [-0.05, 0) is 35.1 Å². The molecular formula is C26H30N2O5. The lowest BCUT2D eigenvalue weighted by Gasteiger charge is -2.43. The molecule has 0 spiro atoms. The average molecular weight is 451 g/mol. The van der Waals surface area contributed by atoms with Gasteiger partial charge in [0.2, 0.25) is 5.91 Å². The van der Waals surface area contributed by atoms with E-state index >= 15 is 0 Å². The fourth-order valence-electron chi connectivity index (χ4n) is 5.30. The summed E-state index contributed by atoms with van der Waals surface area (Å²) in [5.41, 5.74) is 3.85. The molecule has 2 aliphatic rings. The van der Waals surface area contributed by atoms with E-state index in [1.54, 1.807) is 7.05 Å². The highest BCUT2D eigenvalue weighted by molar-refractivity contribution is 5.83. The second-order valence-corrected chi connectivity index (χ2v) is 8.99. The van der Waals surface area contributed by atoms with Crippen molar-refractivity contribution in [3.8, 4) is 11.1 Å². The SMILES string of the molecule is CN(C(=O)CNC(=O)OCC1c2ccccc2-c2ccccc21)C1(CC(=O)O)CCCCC1. The minimum Gasteiger partial charge on any atom is -0.481 e. The Morgan fingerprint density at radius 1 is 1.00 bits per heavy atom. The van der Waals surface area contributed by atoms with Crippen molar-refractivity contribution in [2.45, 2.75) is 50.0 Å². The van der Waals surface area contributed by atoms with Crippen LogP contribution in [0.2, 0.25) is 0 Å². The molecule has 0 saturated heterocycles. The maximum Gasteiger partial charge on any atom is 0.407 e. The molecule has 0 radical (unpaired) electrons. The highest BCUT2D eigenvalue weighted by atomic mass is 16.5. The number of carboxylic acids is 1. The van der Waals surface area contributed by atoms with Gasteiger partial charge >= 0.3 is 12.1 Å². The van der Waals surface area contributed by atoms with Gasteiger partial charge in [0.25, 0.3) is 0 Å². The first-order valence-electron chi connectivity index (χ1n) is 11.5. The van der Waals surface area contributed by atoms with Gasteiger partial charge in [-0.3, -0.25) is 9.59 Å². The highest BCUT2D eigenvalue weighted by Gasteiger charge is 2.40. The predicted molar refractivity (Wildman–Crippen MR) is 124 cm³/mol. The average Bonchev–Trinajstić information content (AvgIpc) is 3.14. The molecule has 0 heterocycles. The number of ether oxygens (including phenoxy) is 1. The molecule has 0 unspecified atom stereocenters. The Balaban J connectivity index is 1.34. The molecule has 33 heavy (non-hydrogen) atoms. The fraction of sp³-hybridized carbons (Fsp3) is 0.423. The number of fused-ring (bicyclic) bond motifs is 3. The number of alkyl carbamates (subject to hydrolysis) is 1. The standard InChI is InChI=1S/C26H30N2O5/c1-28(26(15-24(30)31)13-7-2-8-14-26)23(29)16-27-25(32)33-17-22-20-11-5-3-9-18(20)19-10-4-6-12-21(19)22/h3-6,9-12,22H,2,7-8,13-17H2,1H3,(H,27,32)(H,30,31). The molecule has 0 bridgehead atoms. The highest BCUT2D eigenvalue weighted by Crippen LogP contribution is 2.44. The Bertz CT molecular complexity index is 999. The zero-order valence-corrected chi connectivity index (χ0v) is 18.9. The molecule has 174 valence electrons. The molecule has 4 rings (SSSR count). The van der Waals surface area contributed by atoms with Gasteiger partial charge in [-0.1, -0.05) is 67.8 Å². The smallest absolute Gasteiger partial charge is 0.407 e. The zero-order valence-electron chi connectivity index (χ0n) is 18.9. The summed E-state index contributed by atoms with van der Waals surface area (Å²) < 4.78 is 5.49. The van der Waals surface area contributed by atoms with Gasteiger partial charge in [-0.2, -0.15) is 0 Å². The van der Waals surface area contributed by atoms with Crippen LogP contribution in [0.3, 0.4) is 0 Å². The summed E-state index contributed by atoms with van der Waals surface area (Å²) in [5.74, 6) is -1.28. The van der Waals surface area contributed by atoms with Crippen LogP contribution in [-0.4, -0.2) is 53.7 Å². The van der Waals surface area contributed by atoms with Crippen molar-refractivity contribution in [3.05, 3.63) is 59.7 Å². The van der Waals surface area contributed by atoms with E-state index in [1.807, 2.05) is 36.4 Å². The third kappa shape index (κ3) is 4.72. The molecule has 0 aromatic heterocycles. The molecule has 7 nitrogen and oxygen atoms in total. The van der Waals surface area contributed by atoms with Gasteiger partial charge in [-0.15, -0.1) is 0 Å². The van der Waals surface area contributed by atoms with Gasteiger partial charge in [-0.25, -0.2) is 4.79 Å². The molecule has 1 saturated carbocycles. The van der Waals surface area contributed by atoms with Crippen LogP contribution in [0.5, 0.6) is 0 Å². The van der Waals surface area contributed by atoms with Crippen LogP contribution in [0.1, 0.15) is 55.6 Å². The van der Waals surface area contributed by atoms with Crippen molar-refractivity contribution in [2.24, 2.45) is 0 Å². The number of carboxylic acid groups (broad SMARTS) is 1. The van der Waals surface area contributed by atoms with E-state index in [0.29, 0.717) is 12.8 Å². The first kappa shape index (κ1) is 22.8. The molecule has 0 aliphatic heterocycles. The molecule has 2 aromatic carbocycles. The number of nitrogens with one attached hydrogen (secondary N) is 1. The lowest BCUT2D eigenvalue weighted by atomic mass is 9.78. The Morgan fingerprint density at radius 3 is 2.15 bits per heavy atom. The summed E-state index contributed by atoms with van der Waals surface area (Å²) in [5, 5.41) is 11.9. The third-order valence-corrected chi connectivity index (χ3v) is 7.08. The molecule has 0 atom stereocenters. The number of likely N-dealkylation sites (N-methyl/N-ethyl adjacent to an activating group) is 1. The number of carbonyl (C=O) groups excluding carboxylic acids is 2. The molecule has 2 aromatic rings. The van der Waals surface area contributed by atoms with Gasteiger partial charge in [0.05, 0.1) is 12.0 Å². The van der Waals surface area contributed by atoms with Crippen molar-refractivity contribution in [1.29, 1.82) is 0 Å². The van der Waals surface area contributed by atoms with E-state index in [9.17, 15) is 19.5 Å². The van der Waals surface area contributed by atoms with Crippen molar-refractivity contribution in [3.63, 3.8) is 0 Å². The summed E-state index contributed by atoms with van der Waals surface area (Å²) in [7, 11) is 1.63. The zero-order chi connectivity index (χ0) is 23.4. The summed E-state index contributed by atoms with van der Waals surface area (Å²) in [6.45, 7) is -0.0542. The first-order valence-corrected chi connectivity index (χ1v) is 11.5. The van der Waals surface area contributed by atoms with E-state index in [-0.39, 0.29) is 31.4 Å². The number of carbonyl (C=O) groups is 3. The van der Waals surface area contributed by atoms with Crippen LogP contribution >= 0.6 is 0 Å². The van der Waals surface area contributed by atoms with E-state index in [2.05, 4.69) is 17.4 Å². The summed E-state index contributed by atoms with van der Waals surface area (Å²) in [6, 6.07) is 16.2. The van der Waals surface area contributed by atoms with Crippen LogP contribution in [-0.2, 0) is 14.3 Å². The molecule has 1 fully saturated rings. The Labute approximate surface area is 193 Å². The topological polar surface area (TPSA) is 95.9 Å². The van der Waals surface area contributed by atoms with Crippen molar-refractivity contribution in [2.75, 3.05) is 20.2 Å². The van der Waals surface area contributed by atoms with Crippen LogP contribution in [0.15, 0.2) is 48.5 Å². The molecule has 2 N–H and O–H groups in total. The van der Waals surface area contributed by atoms with E-state index in [1.165, 1.54) is 4.90 Å². The Morgan fingerprint density at radius 2 is 1.58 bits per heavy atom. The predicted octanol–water partition coefficient (Wildman–Crippen LogP) is 4.16. The maximum absolute atomic E-state index is 12.8. The maximum atomic E-state index is 12.8. The van der Waals surface area contributed by atoms with Gasteiger partial charge in [0.15, 0.2) is 0 Å². The third-order valence-electron chi connectivity index (χ3n) is 7.08. The number of nitrogens with zero attached hydrogens (tertiary/aromatic N) is 1. The number of rotatable bonds is 7. The molecular weight excluding hydrogens is 420 g/mol. The van der Waals surface area contributed by atoms with Crippen molar-refractivity contribution in [1.82, 2.24) is 10.2 Å². The molecule has 7 heteroatoms. The lowest BCUT2D eigenvalue weighted by molar-refractivity contribution is -0.145. The number of hydrogen-bond donors (Lipinski definition) is 2. The van der Waals surface area contributed by atoms with E-state index in [4.69, 9.17) is 4.74 Å². The number of amides is 2. The minimum absolute atomic E-state index is 0.0531. The minimum atomic E-state index is -0.916. The quantitative estimate of drug-likeness (QED) is 0.660. The molecule has 2 amide bonds. The van der Waals surface area contributed by atoms with E-state index in [0.717, 1.165) is 41.5 Å². The van der Waals surface area contributed by atoms with Gasteiger partial charge in [0.1, 0.15) is 13.2 Å². The monoisotopic (exact) mass is 450 g/mol. The van der Waals surface area contributed by atoms with Crippen LogP contribution < -0.4 is 5.32 Å². The second kappa shape index (κ2) is 9.65. The number of aliphatic carboxylic acids is 1. The van der Waals surface area contributed by atoms with Gasteiger partial charge in [0, 0.05) is 13.0 Å². The largest absolute Gasteiger partial charge is 0.481 e.